The third kappa shape index (κ3) is 2.34. The molecule has 1 unspecified atom stereocenters. The second kappa shape index (κ2) is 5.51. The van der Waals surface area contributed by atoms with E-state index < -0.39 is 47.7 Å². The Bertz CT molecular complexity index is 550. The quantitative estimate of drug-likeness (QED) is 0.581. The van der Waals surface area contributed by atoms with Crippen LogP contribution in [0.2, 0.25) is 0 Å². The van der Waals surface area contributed by atoms with Crippen LogP contribution < -0.4 is 0 Å². The zero-order chi connectivity index (χ0) is 17.1. The molecule has 4 aliphatic rings. The highest BCUT2D eigenvalue weighted by Crippen LogP contribution is 2.49. The van der Waals surface area contributed by atoms with E-state index in [0.29, 0.717) is 6.42 Å². The van der Waals surface area contributed by atoms with Crippen LogP contribution in [0.3, 0.4) is 0 Å². The number of ether oxygens (including phenoxy) is 4. The van der Waals surface area contributed by atoms with Crippen LogP contribution in [0, 0.1) is 11.3 Å². The Balaban J connectivity index is 1.52. The second-order valence-corrected chi connectivity index (χ2v) is 8.12. The number of ketones is 1. The van der Waals surface area contributed by atoms with Gasteiger partial charge in [0.1, 0.15) is 12.0 Å². The molecule has 0 bridgehead atoms. The maximum atomic E-state index is 12.8. The van der Waals surface area contributed by atoms with Gasteiger partial charge in [0, 0.05) is 18.3 Å². The van der Waals surface area contributed by atoms with E-state index in [9.17, 15) is 9.59 Å². The van der Waals surface area contributed by atoms with Crippen LogP contribution in [0.4, 0.5) is 0 Å². The topological polar surface area (TPSA) is 71.1 Å². The van der Waals surface area contributed by atoms with Crippen molar-refractivity contribution in [1.29, 1.82) is 0 Å². The molecule has 6 heteroatoms. The molecule has 24 heavy (non-hydrogen) atoms. The molecule has 1 saturated carbocycles. The molecular formula is C18H26O6. The fourth-order valence-corrected chi connectivity index (χ4v) is 4.28. The average Bonchev–Trinajstić information content (AvgIpc) is 3.14. The maximum Gasteiger partial charge on any atom is 0.319 e. The van der Waals surface area contributed by atoms with Gasteiger partial charge in [0.15, 0.2) is 30.1 Å². The second-order valence-electron chi connectivity index (χ2n) is 8.12. The van der Waals surface area contributed by atoms with Crippen molar-refractivity contribution in [1.82, 2.24) is 0 Å². The van der Waals surface area contributed by atoms with Gasteiger partial charge in [0.2, 0.25) is 0 Å². The smallest absolute Gasteiger partial charge is 0.319 e. The molecular weight excluding hydrogens is 312 g/mol. The van der Waals surface area contributed by atoms with Crippen molar-refractivity contribution < 1.29 is 28.5 Å². The molecule has 0 amide bonds. The number of Topliss-reactive ketones (excluding diaryl/α,β-unsaturated/α-hetero) is 1. The predicted molar refractivity (Wildman–Crippen MR) is 82.9 cm³/mol. The lowest BCUT2D eigenvalue weighted by molar-refractivity contribution is -0.243. The number of hydrogen-bond donors (Lipinski definition) is 0. The Kier molecular flexibility index (Phi) is 3.79. The van der Waals surface area contributed by atoms with Crippen molar-refractivity contribution in [2.45, 2.75) is 89.7 Å². The maximum absolute atomic E-state index is 12.8. The largest absolute Gasteiger partial charge is 0.456 e. The summed E-state index contributed by atoms with van der Waals surface area (Å²) < 4.78 is 23.7. The Labute approximate surface area is 142 Å². The van der Waals surface area contributed by atoms with Crippen molar-refractivity contribution >= 4 is 11.8 Å². The van der Waals surface area contributed by atoms with Gasteiger partial charge in [-0.05, 0) is 19.3 Å². The summed E-state index contributed by atoms with van der Waals surface area (Å²) in [5.41, 5.74) is -0.577. The van der Waals surface area contributed by atoms with Crippen molar-refractivity contribution in [3.63, 3.8) is 0 Å². The van der Waals surface area contributed by atoms with Crippen LogP contribution in [-0.4, -0.2) is 42.1 Å². The molecule has 5 atom stereocenters. The number of rotatable bonds is 3. The first kappa shape index (κ1) is 16.5. The monoisotopic (exact) mass is 338 g/mol. The summed E-state index contributed by atoms with van der Waals surface area (Å²) in [4.78, 5) is 25.1. The zero-order valence-electron chi connectivity index (χ0n) is 14.6. The van der Waals surface area contributed by atoms with Crippen molar-refractivity contribution in [2.24, 2.45) is 11.3 Å². The molecule has 4 fully saturated rings. The molecule has 0 radical (unpaired) electrons. The lowest BCUT2D eigenvalue weighted by Gasteiger charge is -2.33. The lowest BCUT2D eigenvalue weighted by atomic mass is 9.77. The highest BCUT2D eigenvalue weighted by atomic mass is 16.8. The summed E-state index contributed by atoms with van der Waals surface area (Å²) in [5, 5.41) is 0. The van der Waals surface area contributed by atoms with Gasteiger partial charge in [0.05, 0.1) is 0 Å². The Morgan fingerprint density at radius 2 is 1.83 bits per heavy atom. The molecule has 0 aromatic rings. The van der Waals surface area contributed by atoms with Gasteiger partial charge >= 0.3 is 5.97 Å². The van der Waals surface area contributed by atoms with Crippen LogP contribution in [0.5, 0.6) is 0 Å². The minimum atomic E-state index is -0.870. The van der Waals surface area contributed by atoms with E-state index >= 15 is 0 Å². The molecule has 4 rings (SSSR count). The Morgan fingerprint density at radius 3 is 2.50 bits per heavy atom. The third-order valence-electron chi connectivity index (χ3n) is 6.17. The van der Waals surface area contributed by atoms with Crippen molar-refractivity contribution in [3.05, 3.63) is 0 Å². The van der Waals surface area contributed by atoms with E-state index in [-0.39, 0.29) is 5.78 Å². The molecule has 3 aliphatic heterocycles. The molecule has 1 aliphatic carbocycles. The summed E-state index contributed by atoms with van der Waals surface area (Å²) >= 11 is 0. The number of carbonyl (C=O) groups excluding carboxylic acids is 2. The van der Waals surface area contributed by atoms with E-state index in [1.165, 1.54) is 6.42 Å². The lowest BCUT2D eigenvalue weighted by Crippen LogP contribution is -2.42. The normalized spacial score (nSPS) is 40.5. The van der Waals surface area contributed by atoms with Crippen molar-refractivity contribution in [3.8, 4) is 0 Å². The highest BCUT2D eigenvalue weighted by molar-refractivity contribution is 6.03. The number of hydrogen-bond acceptors (Lipinski definition) is 6. The van der Waals surface area contributed by atoms with E-state index in [2.05, 4.69) is 0 Å². The highest BCUT2D eigenvalue weighted by Gasteiger charge is 2.66. The van der Waals surface area contributed by atoms with Crippen LogP contribution in [-0.2, 0) is 28.5 Å². The molecule has 134 valence electrons. The zero-order valence-corrected chi connectivity index (χ0v) is 14.6. The van der Waals surface area contributed by atoms with Gasteiger partial charge in [-0.2, -0.15) is 0 Å². The van der Waals surface area contributed by atoms with Crippen LogP contribution >= 0.6 is 0 Å². The fourth-order valence-electron chi connectivity index (χ4n) is 4.28. The van der Waals surface area contributed by atoms with Crippen LogP contribution in [0.15, 0.2) is 0 Å². The van der Waals surface area contributed by atoms with E-state index in [0.717, 1.165) is 25.7 Å². The number of fused-ring (bicyclic) bond motifs is 3. The van der Waals surface area contributed by atoms with E-state index in [1.807, 2.05) is 20.8 Å². The molecule has 0 aromatic carbocycles. The summed E-state index contributed by atoms with van der Waals surface area (Å²) in [5.74, 6) is -2.06. The first-order chi connectivity index (χ1) is 11.4. The number of esters is 1. The summed E-state index contributed by atoms with van der Waals surface area (Å²) in [6, 6.07) is 0. The van der Waals surface area contributed by atoms with E-state index in [4.69, 9.17) is 18.9 Å². The van der Waals surface area contributed by atoms with Gasteiger partial charge < -0.3 is 18.9 Å². The van der Waals surface area contributed by atoms with Crippen LogP contribution in [0.1, 0.15) is 59.3 Å². The van der Waals surface area contributed by atoms with Gasteiger partial charge in [-0.15, -0.1) is 0 Å². The van der Waals surface area contributed by atoms with Gasteiger partial charge in [-0.3, -0.25) is 9.59 Å². The Morgan fingerprint density at radius 1 is 1.12 bits per heavy atom. The molecule has 0 aromatic heterocycles. The summed E-state index contributed by atoms with van der Waals surface area (Å²) in [6.45, 7) is 5.66. The van der Waals surface area contributed by atoms with Gasteiger partial charge in [-0.1, -0.05) is 27.2 Å². The molecule has 6 nitrogen and oxygen atoms in total. The average molecular weight is 338 g/mol. The van der Waals surface area contributed by atoms with Crippen molar-refractivity contribution in [2.75, 3.05) is 0 Å². The predicted octanol–water partition coefficient (Wildman–Crippen LogP) is 2.33. The molecule has 3 saturated heterocycles. The minimum absolute atomic E-state index is 0.116. The third-order valence-corrected chi connectivity index (χ3v) is 6.17. The first-order valence-corrected chi connectivity index (χ1v) is 9.13. The first-order valence-electron chi connectivity index (χ1n) is 9.13. The Hall–Kier alpha value is -0.980. The molecule has 0 N–H and O–H groups in total. The van der Waals surface area contributed by atoms with Crippen LogP contribution in [0.25, 0.3) is 0 Å². The van der Waals surface area contributed by atoms with E-state index in [1.54, 1.807) is 0 Å². The fraction of sp³-hybridized carbons (Fsp3) is 0.889. The summed E-state index contributed by atoms with van der Waals surface area (Å²) in [6.07, 6.45) is 3.60. The SMILES string of the molecule is CCC(C)(C)C(=O)C1C(=O)O[C@@H]2[C@H]3OC4(CCCCC4)O[C@H]3O[C@H]12. The van der Waals surface area contributed by atoms with Gasteiger partial charge in [0.25, 0.3) is 0 Å². The summed E-state index contributed by atoms with van der Waals surface area (Å²) in [7, 11) is 0. The molecule has 1 spiro atoms. The minimum Gasteiger partial charge on any atom is -0.456 e. The number of carbonyl (C=O) groups is 2. The molecule has 3 heterocycles. The van der Waals surface area contributed by atoms with Gasteiger partial charge in [-0.25, -0.2) is 0 Å². The standard InChI is InChI=1S/C18H26O6/c1-4-17(2,3)14(19)10-11-12(21-15(10)20)13-16(22-11)24-18(23-13)8-6-5-7-9-18/h10-13,16H,4-9H2,1-3H3/t10?,11-,12+,13-,16-/m1/s1.